The summed E-state index contributed by atoms with van der Waals surface area (Å²) in [6.07, 6.45) is 0.923. The summed E-state index contributed by atoms with van der Waals surface area (Å²) in [5.41, 5.74) is 0.302. The number of methoxy groups -OCH3 is 1. The number of carbonyl (C=O) groups excluding carboxylic acids is 1. The van der Waals surface area contributed by atoms with Crippen LogP contribution in [0, 0.1) is 5.41 Å². The second-order valence-electron chi connectivity index (χ2n) is 5.61. The van der Waals surface area contributed by atoms with Gasteiger partial charge in [-0.1, -0.05) is 13.8 Å². The van der Waals surface area contributed by atoms with Gasteiger partial charge in [-0.05, 0) is 37.1 Å². The fourth-order valence-electron chi connectivity index (χ4n) is 2.58. The normalized spacial score (nSPS) is 11.4. The van der Waals surface area contributed by atoms with Crippen molar-refractivity contribution in [3.05, 3.63) is 30.0 Å². The molecule has 2 aromatic rings. The topological polar surface area (TPSA) is 91.4 Å². The van der Waals surface area contributed by atoms with Crippen molar-refractivity contribution >= 4 is 22.8 Å². The molecule has 1 aromatic carbocycles. The molecule has 23 heavy (non-hydrogen) atoms. The van der Waals surface area contributed by atoms with Crippen molar-refractivity contribution < 1.29 is 19.4 Å². The van der Waals surface area contributed by atoms with E-state index in [2.05, 4.69) is 10.3 Å². The number of aliphatic carboxylic acids is 1. The van der Waals surface area contributed by atoms with Crippen molar-refractivity contribution in [2.45, 2.75) is 26.7 Å². The highest BCUT2D eigenvalue weighted by molar-refractivity contribution is 5.98. The summed E-state index contributed by atoms with van der Waals surface area (Å²) in [5, 5.41) is 13.0. The van der Waals surface area contributed by atoms with Crippen LogP contribution in [0.3, 0.4) is 0 Å². The average Bonchev–Trinajstić information content (AvgIpc) is 2.98. The van der Waals surface area contributed by atoms with Gasteiger partial charge in [-0.2, -0.15) is 0 Å². The lowest BCUT2D eigenvalue weighted by Gasteiger charge is -2.26. The summed E-state index contributed by atoms with van der Waals surface area (Å²) < 4.78 is 5.16. The number of amides is 1. The number of H-pyrrole nitrogens is 1. The molecule has 2 rings (SSSR count). The zero-order valence-corrected chi connectivity index (χ0v) is 13.6. The van der Waals surface area contributed by atoms with Crippen molar-refractivity contribution in [2.75, 3.05) is 13.7 Å². The molecule has 0 radical (unpaired) electrons. The summed E-state index contributed by atoms with van der Waals surface area (Å²) in [5.74, 6) is -0.484. The van der Waals surface area contributed by atoms with E-state index in [0.717, 1.165) is 10.9 Å². The molecule has 6 heteroatoms. The van der Waals surface area contributed by atoms with Gasteiger partial charge in [0.05, 0.1) is 12.5 Å². The lowest BCUT2D eigenvalue weighted by molar-refractivity contribution is -0.149. The smallest absolute Gasteiger partial charge is 0.311 e. The predicted molar refractivity (Wildman–Crippen MR) is 87.8 cm³/mol. The Morgan fingerprint density at radius 3 is 2.52 bits per heavy atom. The monoisotopic (exact) mass is 318 g/mol. The summed E-state index contributed by atoms with van der Waals surface area (Å²) in [6.45, 7) is 3.74. The quantitative estimate of drug-likeness (QED) is 0.732. The molecule has 0 saturated carbocycles. The highest BCUT2D eigenvalue weighted by Crippen LogP contribution is 2.26. The van der Waals surface area contributed by atoms with Crippen molar-refractivity contribution in [1.82, 2.24) is 10.3 Å². The van der Waals surface area contributed by atoms with Crippen LogP contribution in [-0.4, -0.2) is 35.6 Å². The standard InChI is InChI=1S/C17H22N2O4/c1-4-17(5-2,16(21)22)10-18-15(20)14-9-11-8-12(23-3)6-7-13(11)19-14/h6-9,19H,4-5,10H2,1-3H3,(H,18,20)(H,21,22). The van der Waals surface area contributed by atoms with Crippen LogP contribution in [-0.2, 0) is 4.79 Å². The minimum absolute atomic E-state index is 0.104. The number of carboxylic acids is 1. The molecule has 0 unspecified atom stereocenters. The van der Waals surface area contributed by atoms with E-state index < -0.39 is 11.4 Å². The number of benzene rings is 1. The largest absolute Gasteiger partial charge is 0.497 e. The van der Waals surface area contributed by atoms with Gasteiger partial charge in [0, 0.05) is 17.4 Å². The van der Waals surface area contributed by atoms with E-state index in [1.165, 1.54) is 0 Å². The molecule has 1 aromatic heterocycles. The van der Waals surface area contributed by atoms with Crippen LogP contribution in [0.4, 0.5) is 0 Å². The summed E-state index contributed by atoms with van der Waals surface area (Å²) in [6, 6.07) is 7.21. The van der Waals surface area contributed by atoms with E-state index in [4.69, 9.17) is 4.74 Å². The van der Waals surface area contributed by atoms with Gasteiger partial charge in [-0.15, -0.1) is 0 Å². The van der Waals surface area contributed by atoms with Crippen LogP contribution in [0.2, 0.25) is 0 Å². The van der Waals surface area contributed by atoms with Crippen molar-refractivity contribution in [1.29, 1.82) is 0 Å². The number of carbonyl (C=O) groups is 2. The fraction of sp³-hybridized carbons (Fsp3) is 0.412. The van der Waals surface area contributed by atoms with Crippen LogP contribution in [0.1, 0.15) is 37.2 Å². The molecule has 124 valence electrons. The van der Waals surface area contributed by atoms with Crippen LogP contribution in [0.25, 0.3) is 10.9 Å². The number of hydrogen-bond acceptors (Lipinski definition) is 3. The maximum atomic E-state index is 12.3. The second kappa shape index (κ2) is 6.73. The third kappa shape index (κ3) is 3.31. The summed E-state index contributed by atoms with van der Waals surface area (Å²) >= 11 is 0. The van der Waals surface area contributed by atoms with E-state index >= 15 is 0 Å². The first-order chi connectivity index (χ1) is 11.0. The minimum Gasteiger partial charge on any atom is -0.497 e. The van der Waals surface area contributed by atoms with E-state index in [1.807, 2.05) is 32.0 Å². The molecule has 0 aliphatic heterocycles. The highest BCUT2D eigenvalue weighted by atomic mass is 16.5. The molecule has 0 bridgehead atoms. The van der Waals surface area contributed by atoms with Crippen LogP contribution < -0.4 is 10.1 Å². The van der Waals surface area contributed by atoms with Gasteiger partial charge in [0.25, 0.3) is 5.91 Å². The molecule has 0 aliphatic carbocycles. The Morgan fingerprint density at radius 2 is 1.96 bits per heavy atom. The molecule has 0 aliphatic rings. The van der Waals surface area contributed by atoms with Gasteiger partial charge < -0.3 is 20.1 Å². The number of aromatic amines is 1. The van der Waals surface area contributed by atoms with E-state index in [-0.39, 0.29) is 12.5 Å². The molecule has 1 heterocycles. The first kappa shape index (κ1) is 16.9. The Morgan fingerprint density at radius 1 is 1.26 bits per heavy atom. The number of hydrogen-bond donors (Lipinski definition) is 3. The molecule has 0 atom stereocenters. The number of aromatic nitrogens is 1. The number of nitrogens with one attached hydrogen (secondary N) is 2. The van der Waals surface area contributed by atoms with E-state index in [9.17, 15) is 14.7 Å². The van der Waals surface area contributed by atoms with Gasteiger partial charge in [0.1, 0.15) is 11.4 Å². The third-order valence-electron chi connectivity index (χ3n) is 4.47. The zero-order chi connectivity index (χ0) is 17.0. The molecular formula is C17H22N2O4. The molecule has 3 N–H and O–H groups in total. The van der Waals surface area contributed by atoms with Gasteiger partial charge in [0.2, 0.25) is 0 Å². The van der Waals surface area contributed by atoms with Crippen LogP contribution >= 0.6 is 0 Å². The molecular weight excluding hydrogens is 296 g/mol. The van der Waals surface area contributed by atoms with Gasteiger partial charge in [-0.25, -0.2) is 0 Å². The van der Waals surface area contributed by atoms with Crippen LogP contribution in [0.5, 0.6) is 5.75 Å². The first-order valence-electron chi connectivity index (χ1n) is 7.64. The maximum absolute atomic E-state index is 12.3. The minimum atomic E-state index is -0.926. The Hall–Kier alpha value is -2.50. The molecule has 0 spiro atoms. The Balaban J connectivity index is 2.16. The average molecular weight is 318 g/mol. The van der Waals surface area contributed by atoms with E-state index in [0.29, 0.717) is 24.3 Å². The van der Waals surface area contributed by atoms with Crippen molar-refractivity contribution in [3.63, 3.8) is 0 Å². The molecule has 1 amide bonds. The summed E-state index contributed by atoms with van der Waals surface area (Å²) in [7, 11) is 1.59. The molecule has 6 nitrogen and oxygen atoms in total. The maximum Gasteiger partial charge on any atom is 0.311 e. The summed E-state index contributed by atoms with van der Waals surface area (Å²) in [4.78, 5) is 26.8. The van der Waals surface area contributed by atoms with Gasteiger partial charge >= 0.3 is 5.97 Å². The Kier molecular flexibility index (Phi) is 4.93. The fourth-order valence-corrected chi connectivity index (χ4v) is 2.58. The zero-order valence-electron chi connectivity index (χ0n) is 13.6. The highest BCUT2D eigenvalue weighted by Gasteiger charge is 2.35. The Labute approximate surface area is 134 Å². The lowest BCUT2D eigenvalue weighted by atomic mass is 9.82. The molecule has 0 fully saturated rings. The predicted octanol–water partition coefficient (Wildman–Crippen LogP) is 2.80. The van der Waals surface area contributed by atoms with Crippen molar-refractivity contribution in [2.24, 2.45) is 5.41 Å². The SMILES string of the molecule is CCC(CC)(CNC(=O)c1cc2cc(OC)ccc2[nH]1)C(=O)O. The van der Waals surface area contributed by atoms with Crippen molar-refractivity contribution in [3.8, 4) is 5.75 Å². The number of carboxylic acid groups (broad SMARTS) is 1. The second-order valence-corrected chi connectivity index (χ2v) is 5.61. The Bertz CT molecular complexity index is 716. The van der Waals surface area contributed by atoms with Gasteiger partial charge in [0.15, 0.2) is 0 Å². The van der Waals surface area contributed by atoms with Gasteiger partial charge in [-0.3, -0.25) is 9.59 Å². The third-order valence-corrected chi connectivity index (χ3v) is 4.47. The number of rotatable bonds is 7. The first-order valence-corrected chi connectivity index (χ1v) is 7.64. The lowest BCUT2D eigenvalue weighted by Crippen LogP contribution is -2.42. The number of fused-ring (bicyclic) bond motifs is 1. The number of ether oxygens (including phenoxy) is 1. The van der Waals surface area contributed by atoms with Crippen LogP contribution in [0.15, 0.2) is 24.3 Å². The van der Waals surface area contributed by atoms with E-state index in [1.54, 1.807) is 13.2 Å². The molecule has 0 saturated heterocycles.